The van der Waals surface area contributed by atoms with Crippen LogP contribution in [-0.4, -0.2) is 26.8 Å². The van der Waals surface area contributed by atoms with Crippen LogP contribution in [-0.2, 0) is 5.75 Å². The van der Waals surface area contributed by atoms with Gasteiger partial charge in [-0.15, -0.1) is 11.3 Å². The first-order valence-electron chi connectivity index (χ1n) is 5.65. The van der Waals surface area contributed by atoms with Crippen molar-refractivity contribution in [2.24, 2.45) is 0 Å². The lowest BCUT2D eigenvalue weighted by Gasteiger charge is -1.94. The van der Waals surface area contributed by atoms with Crippen LogP contribution in [0.3, 0.4) is 0 Å². The fraction of sp³-hybridized carbons (Fsp3) is 0.333. The summed E-state index contributed by atoms with van der Waals surface area (Å²) in [5.74, 6) is 1.12. The molecule has 0 atom stereocenters. The number of hydrogen-bond acceptors (Lipinski definition) is 4. The zero-order valence-corrected chi connectivity index (χ0v) is 11.6. The van der Waals surface area contributed by atoms with Gasteiger partial charge in [0.15, 0.2) is 0 Å². The van der Waals surface area contributed by atoms with E-state index in [-0.39, 0.29) is 5.69 Å². The second-order valence-corrected chi connectivity index (χ2v) is 5.83. The molecular formula is C12H14N2O2S2. The van der Waals surface area contributed by atoms with Crippen molar-refractivity contribution in [3.05, 3.63) is 28.3 Å². The standard InChI is InChI=1S/C12H14N2O2S2/c1-2-3-17-7-11-14-10(6-18-11)8-4-9(12(15)16)13-5-8/h4-6,13H,2-3,7H2,1H3,(H,15,16). The fourth-order valence-corrected chi connectivity index (χ4v) is 3.26. The summed E-state index contributed by atoms with van der Waals surface area (Å²) in [4.78, 5) is 18.0. The van der Waals surface area contributed by atoms with Gasteiger partial charge in [-0.25, -0.2) is 9.78 Å². The Morgan fingerprint density at radius 1 is 1.61 bits per heavy atom. The lowest BCUT2D eigenvalue weighted by atomic mass is 10.2. The first-order valence-corrected chi connectivity index (χ1v) is 7.68. The van der Waals surface area contributed by atoms with E-state index in [0.29, 0.717) is 0 Å². The molecule has 2 aromatic heterocycles. The maximum atomic E-state index is 10.8. The SMILES string of the molecule is CCCSCc1nc(-c2c[nH]c(C(=O)O)c2)cs1. The first-order chi connectivity index (χ1) is 8.70. The Balaban J connectivity index is 2.06. The molecule has 2 rings (SSSR count). The van der Waals surface area contributed by atoms with Gasteiger partial charge in [-0.1, -0.05) is 6.92 Å². The molecule has 0 unspecified atom stereocenters. The molecule has 2 heterocycles. The molecule has 0 radical (unpaired) electrons. The zero-order chi connectivity index (χ0) is 13.0. The molecule has 0 spiro atoms. The molecule has 2 aromatic rings. The highest BCUT2D eigenvalue weighted by Gasteiger charge is 2.10. The van der Waals surface area contributed by atoms with Crippen molar-refractivity contribution in [3.63, 3.8) is 0 Å². The number of carboxylic acids is 1. The number of carboxylic acid groups (broad SMARTS) is 1. The van der Waals surface area contributed by atoms with Gasteiger partial charge in [-0.05, 0) is 18.2 Å². The Kier molecular flexibility index (Phi) is 4.43. The molecule has 6 heteroatoms. The van der Waals surface area contributed by atoms with E-state index >= 15 is 0 Å². The molecule has 0 saturated heterocycles. The first kappa shape index (κ1) is 13.2. The van der Waals surface area contributed by atoms with Crippen LogP contribution in [0.25, 0.3) is 11.3 Å². The van der Waals surface area contributed by atoms with Crippen molar-refractivity contribution >= 4 is 29.1 Å². The number of carbonyl (C=O) groups is 1. The minimum atomic E-state index is -0.949. The summed E-state index contributed by atoms with van der Waals surface area (Å²) in [6.07, 6.45) is 2.85. The van der Waals surface area contributed by atoms with E-state index in [1.807, 2.05) is 17.1 Å². The molecule has 0 aliphatic carbocycles. The summed E-state index contributed by atoms with van der Waals surface area (Å²) < 4.78 is 0. The van der Waals surface area contributed by atoms with Crippen LogP contribution in [0.15, 0.2) is 17.6 Å². The van der Waals surface area contributed by atoms with Crippen molar-refractivity contribution in [2.45, 2.75) is 19.1 Å². The highest BCUT2D eigenvalue weighted by molar-refractivity contribution is 7.98. The average Bonchev–Trinajstić information content (AvgIpc) is 2.97. The van der Waals surface area contributed by atoms with Crippen LogP contribution in [0.4, 0.5) is 0 Å². The number of nitrogens with zero attached hydrogens (tertiary/aromatic N) is 1. The molecular weight excluding hydrogens is 268 g/mol. The van der Waals surface area contributed by atoms with Crippen LogP contribution in [0.1, 0.15) is 28.8 Å². The van der Waals surface area contributed by atoms with Gasteiger partial charge < -0.3 is 10.1 Å². The third kappa shape index (κ3) is 3.14. The van der Waals surface area contributed by atoms with Crippen molar-refractivity contribution < 1.29 is 9.90 Å². The molecule has 0 saturated carbocycles. The molecule has 0 aliphatic rings. The second-order valence-electron chi connectivity index (χ2n) is 3.79. The summed E-state index contributed by atoms with van der Waals surface area (Å²) in [5, 5.41) is 11.9. The minimum Gasteiger partial charge on any atom is -0.477 e. The van der Waals surface area contributed by atoms with Gasteiger partial charge in [0.1, 0.15) is 10.7 Å². The normalized spacial score (nSPS) is 10.7. The highest BCUT2D eigenvalue weighted by Crippen LogP contribution is 2.25. The summed E-state index contributed by atoms with van der Waals surface area (Å²) in [7, 11) is 0. The van der Waals surface area contributed by atoms with Crippen LogP contribution in [0.5, 0.6) is 0 Å². The molecule has 0 fully saturated rings. The van der Waals surface area contributed by atoms with E-state index in [1.165, 1.54) is 6.42 Å². The van der Waals surface area contributed by atoms with Gasteiger partial charge in [0.25, 0.3) is 0 Å². The van der Waals surface area contributed by atoms with E-state index < -0.39 is 5.97 Å². The summed E-state index contributed by atoms with van der Waals surface area (Å²) in [6.45, 7) is 2.16. The van der Waals surface area contributed by atoms with Gasteiger partial charge in [0, 0.05) is 22.9 Å². The summed E-state index contributed by atoms with van der Waals surface area (Å²) in [6, 6.07) is 1.61. The van der Waals surface area contributed by atoms with Gasteiger partial charge >= 0.3 is 5.97 Å². The molecule has 2 N–H and O–H groups in total. The topological polar surface area (TPSA) is 66.0 Å². The summed E-state index contributed by atoms with van der Waals surface area (Å²) >= 11 is 3.49. The monoisotopic (exact) mass is 282 g/mol. The number of aromatic carboxylic acids is 1. The number of aromatic nitrogens is 2. The molecule has 0 bridgehead atoms. The van der Waals surface area contributed by atoms with E-state index in [2.05, 4.69) is 16.9 Å². The number of aromatic amines is 1. The Labute approximate surface area is 113 Å². The van der Waals surface area contributed by atoms with Crippen molar-refractivity contribution in [1.29, 1.82) is 0 Å². The van der Waals surface area contributed by atoms with Crippen LogP contribution >= 0.6 is 23.1 Å². The molecule has 96 valence electrons. The predicted molar refractivity (Wildman–Crippen MR) is 75.3 cm³/mol. The number of thiazole rings is 1. The van der Waals surface area contributed by atoms with Crippen LogP contribution < -0.4 is 0 Å². The Morgan fingerprint density at radius 3 is 3.11 bits per heavy atom. The maximum Gasteiger partial charge on any atom is 0.352 e. The number of rotatable bonds is 6. The Bertz CT molecular complexity index is 534. The summed E-state index contributed by atoms with van der Waals surface area (Å²) in [5.41, 5.74) is 1.87. The number of H-pyrrole nitrogens is 1. The Morgan fingerprint density at radius 2 is 2.44 bits per heavy atom. The van der Waals surface area contributed by atoms with Gasteiger partial charge in [-0.3, -0.25) is 0 Å². The van der Waals surface area contributed by atoms with Gasteiger partial charge in [-0.2, -0.15) is 11.8 Å². The van der Waals surface area contributed by atoms with E-state index in [1.54, 1.807) is 23.6 Å². The van der Waals surface area contributed by atoms with E-state index in [4.69, 9.17) is 5.11 Å². The number of hydrogen-bond donors (Lipinski definition) is 2. The molecule has 18 heavy (non-hydrogen) atoms. The lowest BCUT2D eigenvalue weighted by Crippen LogP contribution is -1.94. The quantitative estimate of drug-likeness (QED) is 0.796. The third-order valence-corrected chi connectivity index (χ3v) is 4.54. The van der Waals surface area contributed by atoms with Crippen molar-refractivity contribution in [1.82, 2.24) is 9.97 Å². The second kappa shape index (κ2) is 6.06. The van der Waals surface area contributed by atoms with Gasteiger partial charge in [0.05, 0.1) is 5.69 Å². The van der Waals surface area contributed by atoms with E-state index in [9.17, 15) is 4.79 Å². The lowest BCUT2D eigenvalue weighted by molar-refractivity contribution is 0.0691. The zero-order valence-electron chi connectivity index (χ0n) is 9.97. The van der Waals surface area contributed by atoms with E-state index in [0.717, 1.165) is 27.8 Å². The Hall–Kier alpha value is -1.27. The minimum absolute atomic E-state index is 0.194. The van der Waals surface area contributed by atoms with Crippen LogP contribution in [0.2, 0.25) is 0 Å². The number of nitrogens with one attached hydrogen (secondary N) is 1. The highest BCUT2D eigenvalue weighted by atomic mass is 32.2. The predicted octanol–water partition coefficient (Wildman–Crippen LogP) is 3.48. The molecule has 4 nitrogen and oxygen atoms in total. The molecule has 0 amide bonds. The maximum absolute atomic E-state index is 10.8. The molecule has 0 aliphatic heterocycles. The smallest absolute Gasteiger partial charge is 0.352 e. The van der Waals surface area contributed by atoms with Crippen molar-refractivity contribution in [2.75, 3.05) is 5.75 Å². The molecule has 0 aromatic carbocycles. The van der Waals surface area contributed by atoms with Crippen molar-refractivity contribution in [3.8, 4) is 11.3 Å². The van der Waals surface area contributed by atoms with Gasteiger partial charge in [0.2, 0.25) is 0 Å². The third-order valence-electron chi connectivity index (χ3n) is 2.33. The van der Waals surface area contributed by atoms with Crippen LogP contribution in [0, 0.1) is 0 Å². The number of thioether (sulfide) groups is 1. The fourth-order valence-electron chi connectivity index (χ4n) is 1.48. The average molecular weight is 282 g/mol. The largest absolute Gasteiger partial charge is 0.477 e.